The van der Waals surface area contributed by atoms with Gasteiger partial charge in [0.05, 0.1) is 10.6 Å². The van der Waals surface area contributed by atoms with E-state index in [1.165, 1.54) is 5.56 Å². The van der Waals surface area contributed by atoms with Gasteiger partial charge in [-0.15, -0.1) is 0 Å². The summed E-state index contributed by atoms with van der Waals surface area (Å²) < 4.78 is 0. The summed E-state index contributed by atoms with van der Waals surface area (Å²) in [6.07, 6.45) is 1.35. The minimum absolute atomic E-state index is 0.0456. The Labute approximate surface area is 159 Å². The predicted octanol–water partition coefficient (Wildman–Crippen LogP) is 3.82. The van der Waals surface area contributed by atoms with Crippen molar-refractivity contribution in [2.24, 2.45) is 5.92 Å². The fourth-order valence-corrected chi connectivity index (χ4v) is 3.41. The van der Waals surface area contributed by atoms with Crippen molar-refractivity contribution >= 4 is 23.4 Å². The fourth-order valence-electron chi connectivity index (χ4n) is 3.19. The zero-order valence-electron chi connectivity index (χ0n) is 14.9. The summed E-state index contributed by atoms with van der Waals surface area (Å²) in [6, 6.07) is 15.2. The van der Waals surface area contributed by atoms with Crippen LogP contribution in [0.1, 0.15) is 34.3 Å². The van der Waals surface area contributed by atoms with Gasteiger partial charge in [0.2, 0.25) is 5.91 Å². The molecule has 0 atom stereocenters. The van der Waals surface area contributed by atoms with E-state index in [4.69, 9.17) is 11.6 Å². The Kier molecular flexibility index (Phi) is 5.94. The zero-order chi connectivity index (χ0) is 18.5. The zero-order valence-corrected chi connectivity index (χ0v) is 15.6. The minimum Gasteiger partial charge on any atom is -0.352 e. The van der Waals surface area contributed by atoms with Crippen LogP contribution in [0.15, 0.2) is 48.5 Å². The molecule has 136 valence electrons. The quantitative estimate of drug-likeness (QED) is 0.889. The first kappa shape index (κ1) is 18.5. The van der Waals surface area contributed by atoms with Gasteiger partial charge in [-0.25, -0.2) is 0 Å². The van der Waals surface area contributed by atoms with Gasteiger partial charge in [-0.2, -0.15) is 0 Å². The summed E-state index contributed by atoms with van der Waals surface area (Å²) in [5.74, 6) is -0.0414. The molecule has 0 aromatic heterocycles. The number of carbonyl (C=O) groups is 2. The van der Waals surface area contributed by atoms with Gasteiger partial charge in [0.15, 0.2) is 0 Å². The lowest BCUT2D eigenvalue weighted by atomic mass is 9.95. The van der Waals surface area contributed by atoms with E-state index in [0.29, 0.717) is 43.1 Å². The molecule has 1 aliphatic rings. The average Bonchev–Trinajstić information content (AvgIpc) is 2.67. The van der Waals surface area contributed by atoms with Crippen molar-refractivity contribution in [2.45, 2.75) is 26.3 Å². The number of rotatable bonds is 4. The second-order valence-electron chi connectivity index (χ2n) is 6.75. The van der Waals surface area contributed by atoms with Crippen molar-refractivity contribution in [2.75, 3.05) is 13.1 Å². The molecule has 1 saturated heterocycles. The normalized spacial score (nSPS) is 14.9. The van der Waals surface area contributed by atoms with Crippen LogP contribution >= 0.6 is 11.6 Å². The Morgan fingerprint density at radius 2 is 1.73 bits per heavy atom. The Morgan fingerprint density at radius 3 is 2.38 bits per heavy atom. The second-order valence-corrected chi connectivity index (χ2v) is 7.16. The highest BCUT2D eigenvalue weighted by molar-refractivity contribution is 6.33. The van der Waals surface area contributed by atoms with Gasteiger partial charge < -0.3 is 10.2 Å². The van der Waals surface area contributed by atoms with Gasteiger partial charge >= 0.3 is 0 Å². The Bertz CT molecular complexity index is 781. The van der Waals surface area contributed by atoms with Crippen molar-refractivity contribution in [1.82, 2.24) is 10.2 Å². The SMILES string of the molecule is Cc1ccc(CNC(=O)C2CCN(C(=O)c3ccccc3Cl)CC2)cc1. The Morgan fingerprint density at radius 1 is 1.08 bits per heavy atom. The lowest BCUT2D eigenvalue weighted by molar-refractivity contribution is -0.126. The van der Waals surface area contributed by atoms with Crippen LogP contribution in [0.4, 0.5) is 0 Å². The van der Waals surface area contributed by atoms with E-state index in [0.717, 1.165) is 5.56 Å². The molecule has 1 heterocycles. The second kappa shape index (κ2) is 8.37. The van der Waals surface area contributed by atoms with Gasteiger partial charge in [0, 0.05) is 25.6 Å². The number of halogens is 1. The third kappa shape index (κ3) is 4.44. The number of hydrogen-bond donors (Lipinski definition) is 1. The Balaban J connectivity index is 1.50. The molecule has 0 aliphatic carbocycles. The molecule has 3 rings (SSSR count). The highest BCUT2D eigenvalue weighted by Crippen LogP contribution is 2.22. The summed E-state index contributed by atoms with van der Waals surface area (Å²) in [4.78, 5) is 26.8. The molecular weight excluding hydrogens is 348 g/mol. The maximum Gasteiger partial charge on any atom is 0.255 e. The number of piperidine rings is 1. The van der Waals surface area contributed by atoms with Crippen LogP contribution in [0, 0.1) is 12.8 Å². The van der Waals surface area contributed by atoms with Gasteiger partial charge in [-0.3, -0.25) is 9.59 Å². The first-order chi connectivity index (χ1) is 12.5. The molecule has 0 radical (unpaired) electrons. The summed E-state index contributed by atoms with van der Waals surface area (Å²) in [5, 5.41) is 3.48. The third-order valence-corrected chi connectivity index (χ3v) is 5.17. The van der Waals surface area contributed by atoms with E-state index in [9.17, 15) is 9.59 Å². The summed E-state index contributed by atoms with van der Waals surface area (Å²) in [7, 11) is 0. The molecule has 0 bridgehead atoms. The standard InChI is InChI=1S/C21H23ClN2O2/c1-15-6-8-16(9-7-15)14-23-20(25)17-10-12-24(13-11-17)21(26)18-4-2-3-5-19(18)22/h2-9,17H,10-14H2,1H3,(H,23,25). The number of amides is 2. The largest absolute Gasteiger partial charge is 0.352 e. The number of carbonyl (C=O) groups excluding carboxylic acids is 2. The van der Waals surface area contributed by atoms with E-state index in [-0.39, 0.29) is 17.7 Å². The molecule has 0 unspecified atom stereocenters. The number of hydrogen-bond acceptors (Lipinski definition) is 2. The summed E-state index contributed by atoms with van der Waals surface area (Å²) >= 11 is 6.12. The van der Waals surface area contributed by atoms with Crippen LogP contribution in [0.2, 0.25) is 5.02 Å². The van der Waals surface area contributed by atoms with Crippen molar-refractivity contribution in [3.05, 3.63) is 70.2 Å². The first-order valence-electron chi connectivity index (χ1n) is 8.91. The molecule has 0 saturated carbocycles. The van der Waals surface area contributed by atoms with Crippen molar-refractivity contribution in [3.63, 3.8) is 0 Å². The predicted molar refractivity (Wildman–Crippen MR) is 103 cm³/mol. The summed E-state index contributed by atoms with van der Waals surface area (Å²) in [5.41, 5.74) is 2.82. The van der Waals surface area contributed by atoms with Crippen LogP contribution < -0.4 is 5.32 Å². The molecule has 0 spiro atoms. The fraction of sp³-hybridized carbons (Fsp3) is 0.333. The van der Waals surface area contributed by atoms with E-state index in [1.54, 1.807) is 17.0 Å². The molecule has 1 aliphatic heterocycles. The minimum atomic E-state index is -0.0610. The van der Waals surface area contributed by atoms with Gasteiger partial charge in [0.25, 0.3) is 5.91 Å². The van der Waals surface area contributed by atoms with E-state index < -0.39 is 0 Å². The van der Waals surface area contributed by atoms with E-state index in [2.05, 4.69) is 5.32 Å². The monoisotopic (exact) mass is 370 g/mol. The molecule has 26 heavy (non-hydrogen) atoms. The number of aryl methyl sites for hydroxylation is 1. The van der Waals surface area contributed by atoms with Crippen LogP contribution in [0.25, 0.3) is 0 Å². The van der Waals surface area contributed by atoms with Crippen LogP contribution in [0.5, 0.6) is 0 Å². The molecule has 1 N–H and O–H groups in total. The molecular formula is C21H23ClN2O2. The van der Waals surface area contributed by atoms with Crippen LogP contribution in [-0.4, -0.2) is 29.8 Å². The van der Waals surface area contributed by atoms with E-state index in [1.807, 2.05) is 43.3 Å². The van der Waals surface area contributed by atoms with Crippen LogP contribution in [0.3, 0.4) is 0 Å². The van der Waals surface area contributed by atoms with Crippen LogP contribution in [-0.2, 0) is 11.3 Å². The van der Waals surface area contributed by atoms with Gasteiger partial charge in [-0.1, -0.05) is 53.6 Å². The highest BCUT2D eigenvalue weighted by Gasteiger charge is 2.28. The van der Waals surface area contributed by atoms with E-state index >= 15 is 0 Å². The molecule has 4 nitrogen and oxygen atoms in total. The average molecular weight is 371 g/mol. The third-order valence-electron chi connectivity index (χ3n) is 4.84. The molecule has 2 amide bonds. The molecule has 5 heteroatoms. The summed E-state index contributed by atoms with van der Waals surface area (Å²) in [6.45, 7) is 3.73. The Hall–Kier alpha value is -2.33. The first-order valence-corrected chi connectivity index (χ1v) is 9.29. The molecule has 1 fully saturated rings. The smallest absolute Gasteiger partial charge is 0.255 e. The number of nitrogens with one attached hydrogen (secondary N) is 1. The lowest BCUT2D eigenvalue weighted by Gasteiger charge is -2.31. The van der Waals surface area contributed by atoms with Crippen molar-refractivity contribution < 1.29 is 9.59 Å². The van der Waals surface area contributed by atoms with Crippen molar-refractivity contribution in [1.29, 1.82) is 0 Å². The number of likely N-dealkylation sites (tertiary alicyclic amines) is 1. The number of nitrogens with zero attached hydrogens (tertiary/aromatic N) is 1. The van der Waals surface area contributed by atoms with Gasteiger partial charge in [0.1, 0.15) is 0 Å². The van der Waals surface area contributed by atoms with Crippen molar-refractivity contribution in [3.8, 4) is 0 Å². The maximum absolute atomic E-state index is 12.6. The molecule has 2 aromatic carbocycles. The maximum atomic E-state index is 12.6. The highest BCUT2D eigenvalue weighted by atomic mass is 35.5. The van der Waals surface area contributed by atoms with Gasteiger partial charge in [-0.05, 0) is 37.5 Å². The topological polar surface area (TPSA) is 49.4 Å². The molecule has 2 aromatic rings. The lowest BCUT2D eigenvalue weighted by Crippen LogP contribution is -2.43. The number of benzene rings is 2.